The van der Waals surface area contributed by atoms with Crippen molar-refractivity contribution in [2.75, 3.05) is 7.11 Å². The van der Waals surface area contributed by atoms with Gasteiger partial charge in [0, 0.05) is 0 Å². The molecule has 8 heteroatoms. The smallest absolute Gasteiger partial charge is 0.298 e. The Morgan fingerprint density at radius 2 is 2.33 bits per heavy atom. The molecule has 0 aliphatic carbocycles. The lowest BCUT2D eigenvalue weighted by Gasteiger charge is -2.04. The van der Waals surface area contributed by atoms with Crippen molar-refractivity contribution in [3.63, 3.8) is 0 Å². The number of benzene rings is 1. The van der Waals surface area contributed by atoms with E-state index in [4.69, 9.17) is 16.3 Å². The fraction of sp³-hybridized carbons (Fsp3) is 0.200. The van der Waals surface area contributed by atoms with E-state index in [1.165, 1.54) is 17.9 Å². The van der Waals surface area contributed by atoms with E-state index in [0.29, 0.717) is 17.1 Å². The summed E-state index contributed by atoms with van der Waals surface area (Å²) in [6.45, 7) is 0. The molecule has 0 saturated heterocycles. The first-order chi connectivity index (χ1) is 8.65. The predicted molar refractivity (Wildman–Crippen MR) is 64.1 cm³/mol. The van der Waals surface area contributed by atoms with Gasteiger partial charge in [0.25, 0.3) is 5.69 Å². The SMILES string of the molecule is COc1ccc(-n2cc(CCl)nn2)c([N+](=O)[O-])c1. The van der Waals surface area contributed by atoms with Crippen molar-refractivity contribution in [2.45, 2.75) is 5.88 Å². The van der Waals surface area contributed by atoms with Crippen molar-refractivity contribution < 1.29 is 9.66 Å². The molecule has 18 heavy (non-hydrogen) atoms. The van der Waals surface area contributed by atoms with E-state index in [2.05, 4.69) is 10.3 Å². The zero-order valence-corrected chi connectivity index (χ0v) is 10.2. The van der Waals surface area contributed by atoms with Gasteiger partial charge >= 0.3 is 0 Å². The van der Waals surface area contributed by atoms with E-state index < -0.39 is 4.92 Å². The van der Waals surface area contributed by atoms with Crippen molar-refractivity contribution in [1.82, 2.24) is 15.0 Å². The molecule has 0 amide bonds. The highest BCUT2D eigenvalue weighted by atomic mass is 35.5. The molecule has 1 heterocycles. The number of aromatic nitrogens is 3. The van der Waals surface area contributed by atoms with E-state index in [9.17, 15) is 10.1 Å². The van der Waals surface area contributed by atoms with E-state index in [1.54, 1.807) is 18.3 Å². The highest BCUT2D eigenvalue weighted by Crippen LogP contribution is 2.27. The van der Waals surface area contributed by atoms with Crippen LogP contribution in [0.15, 0.2) is 24.4 Å². The average Bonchev–Trinajstić information content (AvgIpc) is 2.86. The Morgan fingerprint density at radius 3 is 2.89 bits per heavy atom. The summed E-state index contributed by atoms with van der Waals surface area (Å²) in [6, 6.07) is 4.49. The van der Waals surface area contributed by atoms with Crippen LogP contribution >= 0.6 is 11.6 Å². The van der Waals surface area contributed by atoms with Crippen molar-refractivity contribution in [1.29, 1.82) is 0 Å². The first-order valence-corrected chi connectivity index (χ1v) is 5.49. The lowest BCUT2D eigenvalue weighted by molar-refractivity contribution is -0.384. The van der Waals surface area contributed by atoms with Crippen LogP contribution < -0.4 is 4.74 Å². The molecule has 94 valence electrons. The van der Waals surface area contributed by atoms with Gasteiger partial charge in [-0.3, -0.25) is 10.1 Å². The van der Waals surface area contributed by atoms with Gasteiger partial charge in [-0.25, -0.2) is 4.68 Å². The number of rotatable bonds is 4. The summed E-state index contributed by atoms with van der Waals surface area (Å²) >= 11 is 5.61. The van der Waals surface area contributed by atoms with E-state index in [0.717, 1.165) is 0 Å². The first-order valence-electron chi connectivity index (χ1n) is 4.95. The van der Waals surface area contributed by atoms with Crippen LogP contribution in [-0.4, -0.2) is 27.0 Å². The van der Waals surface area contributed by atoms with Crippen molar-refractivity contribution >= 4 is 17.3 Å². The van der Waals surface area contributed by atoms with E-state index >= 15 is 0 Å². The number of alkyl halides is 1. The third-order valence-corrected chi connectivity index (χ3v) is 2.58. The summed E-state index contributed by atoms with van der Waals surface area (Å²) in [5.41, 5.74) is 0.742. The molecule has 0 unspecified atom stereocenters. The molecule has 0 bridgehead atoms. The summed E-state index contributed by atoms with van der Waals surface area (Å²) in [6.07, 6.45) is 1.54. The molecule has 0 aliphatic heterocycles. The first kappa shape index (κ1) is 12.3. The van der Waals surface area contributed by atoms with Gasteiger partial charge in [-0.1, -0.05) is 5.21 Å². The van der Waals surface area contributed by atoms with Gasteiger partial charge < -0.3 is 4.74 Å². The second-order valence-corrected chi connectivity index (χ2v) is 3.67. The summed E-state index contributed by atoms with van der Waals surface area (Å²) < 4.78 is 6.27. The fourth-order valence-electron chi connectivity index (χ4n) is 1.45. The maximum Gasteiger partial charge on any atom is 0.298 e. The molecule has 0 radical (unpaired) electrons. The lowest BCUT2D eigenvalue weighted by Crippen LogP contribution is -2.01. The highest BCUT2D eigenvalue weighted by Gasteiger charge is 2.17. The number of hydrogen-bond acceptors (Lipinski definition) is 5. The molecule has 1 aromatic heterocycles. The van der Waals surface area contributed by atoms with Crippen molar-refractivity contribution in [3.05, 3.63) is 40.2 Å². The van der Waals surface area contributed by atoms with Crippen LogP contribution in [0.2, 0.25) is 0 Å². The van der Waals surface area contributed by atoms with Gasteiger partial charge in [0.1, 0.15) is 11.4 Å². The maximum atomic E-state index is 11.0. The molecule has 0 aliphatic rings. The largest absolute Gasteiger partial charge is 0.496 e. The third kappa shape index (κ3) is 2.25. The van der Waals surface area contributed by atoms with Crippen LogP contribution in [0.1, 0.15) is 5.69 Å². The molecular formula is C10H9ClN4O3. The monoisotopic (exact) mass is 268 g/mol. The summed E-state index contributed by atoms with van der Waals surface area (Å²) in [4.78, 5) is 10.5. The number of nitrogens with zero attached hydrogens (tertiary/aromatic N) is 4. The molecule has 2 aromatic rings. The molecule has 1 aromatic carbocycles. The maximum absolute atomic E-state index is 11.0. The number of halogens is 1. The molecule has 0 fully saturated rings. The molecular weight excluding hydrogens is 260 g/mol. The minimum absolute atomic E-state index is 0.111. The zero-order chi connectivity index (χ0) is 13.1. The van der Waals surface area contributed by atoms with Crippen LogP contribution in [0, 0.1) is 10.1 Å². The molecule has 7 nitrogen and oxygen atoms in total. The van der Waals surface area contributed by atoms with Crippen LogP contribution in [0.4, 0.5) is 5.69 Å². The number of hydrogen-bond donors (Lipinski definition) is 0. The minimum Gasteiger partial charge on any atom is -0.496 e. The summed E-state index contributed by atoms with van der Waals surface area (Å²) in [7, 11) is 1.44. The lowest BCUT2D eigenvalue weighted by atomic mass is 10.2. The Morgan fingerprint density at radius 1 is 1.56 bits per heavy atom. The number of nitro groups is 1. The molecule has 0 saturated carbocycles. The quantitative estimate of drug-likeness (QED) is 0.480. The Kier molecular flexibility index (Phi) is 3.42. The van der Waals surface area contributed by atoms with Crippen LogP contribution in [0.3, 0.4) is 0 Å². The topological polar surface area (TPSA) is 83.1 Å². The average molecular weight is 269 g/mol. The molecule has 0 spiro atoms. The van der Waals surface area contributed by atoms with Crippen LogP contribution in [-0.2, 0) is 5.88 Å². The summed E-state index contributed by atoms with van der Waals surface area (Å²) in [5, 5.41) is 18.6. The normalized spacial score (nSPS) is 10.3. The second kappa shape index (κ2) is 5.01. The number of nitro benzene ring substituents is 1. The van der Waals surface area contributed by atoms with Gasteiger partial charge in [0.05, 0.1) is 35.9 Å². The molecule has 2 rings (SSSR count). The standard InChI is InChI=1S/C10H9ClN4O3/c1-18-8-2-3-9(10(4-8)15(16)17)14-6-7(5-11)12-13-14/h2-4,6H,5H2,1H3. The minimum atomic E-state index is -0.500. The number of ether oxygens (including phenoxy) is 1. The Hall–Kier alpha value is -2.15. The van der Waals surface area contributed by atoms with Gasteiger partial charge in [-0.15, -0.1) is 16.7 Å². The third-order valence-electron chi connectivity index (χ3n) is 2.30. The van der Waals surface area contributed by atoms with E-state index in [1.807, 2.05) is 0 Å². The zero-order valence-electron chi connectivity index (χ0n) is 9.41. The highest BCUT2D eigenvalue weighted by molar-refractivity contribution is 6.16. The van der Waals surface area contributed by atoms with Crippen molar-refractivity contribution in [3.8, 4) is 11.4 Å². The van der Waals surface area contributed by atoms with Gasteiger partial charge in [-0.05, 0) is 12.1 Å². The van der Waals surface area contributed by atoms with Crippen LogP contribution in [0.5, 0.6) is 5.75 Å². The predicted octanol–water partition coefficient (Wildman–Crippen LogP) is 1.92. The Balaban J connectivity index is 2.52. The molecule has 0 N–H and O–H groups in total. The number of methoxy groups -OCH3 is 1. The van der Waals surface area contributed by atoms with Gasteiger partial charge in [0.15, 0.2) is 0 Å². The van der Waals surface area contributed by atoms with E-state index in [-0.39, 0.29) is 11.6 Å². The summed E-state index contributed by atoms with van der Waals surface area (Å²) in [5.74, 6) is 0.604. The second-order valence-electron chi connectivity index (χ2n) is 3.40. The Labute approximate surface area is 107 Å². The van der Waals surface area contributed by atoms with Crippen molar-refractivity contribution in [2.24, 2.45) is 0 Å². The van der Waals surface area contributed by atoms with Gasteiger partial charge in [-0.2, -0.15) is 0 Å². The molecule has 0 atom stereocenters. The van der Waals surface area contributed by atoms with Crippen LogP contribution in [0.25, 0.3) is 5.69 Å². The Bertz CT molecular complexity index is 584. The van der Waals surface area contributed by atoms with Gasteiger partial charge in [0.2, 0.25) is 0 Å². The fourth-order valence-corrected chi connectivity index (χ4v) is 1.57.